The Kier molecular flexibility index (Phi) is 6.16. The van der Waals surface area contributed by atoms with Gasteiger partial charge in [-0.05, 0) is 38.0 Å². The van der Waals surface area contributed by atoms with E-state index >= 15 is 0 Å². The number of ether oxygens (including phenoxy) is 1. The molecule has 7 heteroatoms. The van der Waals surface area contributed by atoms with E-state index in [1.807, 2.05) is 32.0 Å². The van der Waals surface area contributed by atoms with E-state index in [2.05, 4.69) is 10.5 Å². The largest absolute Gasteiger partial charge is 0.493 e. The minimum Gasteiger partial charge on any atom is -0.493 e. The summed E-state index contributed by atoms with van der Waals surface area (Å²) in [5.74, 6) is 1.20. The highest BCUT2D eigenvalue weighted by atomic mass is 16.5. The number of hydrogen-bond donors (Lipinski definition) is 1. The Bertz CT molecular complexity index is 755. The van der Waals surface area contributed by atoms with Gasteiger partial charge in [-0.25, -0.2) is 0 Å². The molecular weight excluding hydrogens is 322 g/mol. The molecule has 0 atom stereocenters. The van der Waals surface area contributed by atoms with Crippen LogP contribution in [0.15, 0.2) is 28.8 Å². The summed E-state index contributed by atoms with van der Waals surface area (Å²) in [6.07, 6.45) is 0.195. The van der Waals surface area contributed by atoms with Crippen molar-refractivity contribution in [2.75, 3.05) is 25.5 Å². The summed E-state index contributed by atoms with van der Waals surface area (Å²) >= 11 is 0. The first-order valence-corrected chi connectivity index (χ1v) is 8.02. The lowest BCUT2D eigenvalue weighted by molar-refractivity contribution is -0.133. The van der Waals surface area contributed by atoms with Gasteiger partial charge in [0.15, 0.2) is 5.82 Å². The van der Waals surface area contributed by atoms with Crippen LogP contribution in [-0.4, -0.2) is 42.1 Å². The highest BCUT2D eigenvalue weighted by molar-refractivity contribution is 5.93. The Hall–Kier alpha value is -2.83. The number of nitrogens with one attached hydrogen (secondary N) is 1. The van der Waals surface area contributed by atoms with Crippen LogP contribution in [0.3, 0.4) is 0 Å². The van der Waals surface area contributed by atoms with Gasteiger partial charge in [-0.3, -0.25) is 9.59 Å². The van der Waals surface area contributed by atoms with Crippen LogP contribution in [0.1, 0.15) is 23.3 Å². The molecule has 0 spiro atoms. The molecule has 0 unspecified atom stereocenters. The van der Waals surface area contributed by atoms with Crippen molar-refractivity contribution in [3.63, 3.8) is 0 Å². The molecule has 25 heavy (non-hydrogen) atoms. The minimum atomic E-state index is -0.334. The van der Waals surface area contributed by atoms with E-state index in [9.17, 15) is 9.59 Å². The van der Waals surface area contributed by atoms with E-state index in [1.54, 1.807) is 20.0 Å². The number of amides is 2. The van der Waals surface area contributed by atoms with Crippen molar-refractivity contribution in [3.05, 3.63) is 41.2 Å². The molecule has 1 N–H and O–H groups in total. The molecule has 2 amide bonds. The molecule has 2 rings (SSSR count). The number of anilines is 1. The van der Waals surface area contributed by atoms with E-state index in [0.29, 0.717) is 11.6 Å². The fraction of sp³-hybridized carbons (Fsp3) is 0.389. The van der Waals surface area contributed by atoms with Gasteiger partial charge in [0.1, 0.15) is 11.5 Å². The van der Waals surface area contributed by atoms with Crippen molar-refractivity contribution < 1.29 is 18.8 Å². The van der Waals surface area contributed by atoms with Gasteiger partial charge < -0.3 is 19.5 Å². The maximum absolute atomic E-state index is 12.1. The lowest BCUT2D eigenvalue weighted by Gasteiger charge is -2.17. The molecule has 0 aliphatic carbocycles. The lowest BCUT2D eigenvalue weighted by atomic mass is 10.1. The second kappa shape index (κ2) is 8.32. The predicted molar refractivity (Wildman–Crippen MR) is 93.5 cm³/mol. The van der Waals surface area contributed by atoms with E-state index in [4.69, 9.17) is 9.26 Å². The summed E-state index contributed by atoms with van der Waals surface area (Å²) in [5.41, 5.74) is 2.12. The third kappa shape index (κ3) is 5.63. The Labute approximate surface area is 146 Å². The number of rotatable bonds is 7. The summed E-state index contributed by atoms with van der Waals surface area (Å²) in [5, 5.41) is 6.25. The fourth-order valence-corrected chi connectivity index (χ4v) is 2.21. The summed E-state index contributed by atoms with van der Waals surface area (Å²) in [4.78, 5) is 25.4. The molecule has 0 fully saturated rings. The van der Waals surface area contributed by atoms with Crippen molar-refractivity contribution in [1.82, 2.24) is 10.1 Å². The topological polar surface area (TPSA) is 84.7 Å². The molecule has 2 aromatic rings. The standard InChI is InChI=1S/C18H23N3O4/c1-12-5-6-13(2)15(9-12)24-8-7-18(23)21(4)11-17(22)19-16-10-14(3)25-20-16/h5-6,9-10H,7-8,11H2,1-4H3,(H,19,20,22). The Morgan fingerprint density at radius 2 is 2.00 bits per heavy atom. The fourth-order valence-electron chi connectivity index (χ4n) is 2.21. The van der Waals surface area contributed by atoms with Gasteiger partial charge in [0.05, 0.1) is 19.6 Å². The van der Waals surface area contributed by atoms with Crippen LogP contribution < -0.4 is 10.1 Å². The molecule has 1 aromatic heterocycles. The van der Waals surface area contributed by atoms with Gasteiger partial charge >= 0.3 is 0 Å². The van der Waals surface area contributed by atoms with Gasteiger partial charge in [0.2, 0.25) is 11.8 Å². The first-order valence-electron chi connectivity index (χ1n) is 8.02. The van der Waals surface area contributed by atoms with Crippen molar-refractivity contribution >= 4 is 17.6 Å². The lowest BCUT2D eigenvalue weighted by Crippen LogP contribution is -2.35. The molecule has 0 saturated heterocycles. The van der Waals surface area contributed by atoms with Crippen molar-refractivity contribution in [2.24, 2.45) is 0 Å². The molecule has 134 valence electrons. The summed E-state index contributed by atoms with van der Waals surface area (Å²) in [7, 11) is 1.58. The van der Waals surface area contributed by atoms with E-state index in [-0.39, 0.29) is 31.4 Å². The predicted octanol–water partition coefficient (Wildman–Crippen LogP) is 2.47. The van der Waals surface area contributed by atoms with Crippen molar-refractivity contribution in [1.29, 1.82) is 0 Å². The maximum Gasteiger partial charge on any atom is 0.245 e. The van der Waals surface area contributed by atoms with E-state index in [1.165, 1.54) is 4.90 Å². The normalized spacial score (nSPS) is 10.4. The van der Waals surface area contributed by atoms with Gasteiger partial charge in [-0.2, -0.15) is 0 Å². The zero-order valence-electron chi connectivity index (χ0n) is 15.0. The van der Waals surface area contributed by atoms with Crippen LogP contribution in [0.25, 0.3) is 0 Å². The first kappa shape index (κ1) is 18.5. The molecule has 0 bridgehead atoms. The molecule has 0 saturated carbocycles. The zero-order chi connectivity index (χ0) is 18.4. The van der Waals surface area contributed by atoms with E-state index < -0.39 is 0 Å². The van der Waals surface area contributed by atoms with Crippen LogP contribution in [0.4, 0.5) is 5.82 Å². The van der Waals surface area contributed by atoms with Crippen LogP contribution in [-0.2, 0) is 9.59 Å². The molecular formula is C18H23N3O4. The second-order valence-electron chi connectivity index (χ2n) is 5.99. The average molecular weight is 345 g/mol. The van der Waals surface area contributed by atoms with Gasteiger partial charge in [-0.1, -0.05) is 17.3 Å². The number of nitrogens with zero attached hydrogens (tertiary/aromatic N) is 2. The SMILES string of the molecule is Cc1ccc(C)c(OCCC(=O)N(C)CC(=O)Nc2cc(C)on2)c1. The van der Waals surface area contributed by atoms with Gasteiger partial charge in [-0.15, -0.1) is 0 Å². The monoisotopic (exact) mass is 345 g/mol. The van der Waals surface area contributed by atoms with Crippen molar-refractivity contribution in [3.8, 4) is 5.75 Å². The van der Waals surface area contributed by atoms with Crippen LogP contribution in [0.5, 0.6) is 5.75 Å². The number of carbonyl (C=O) groups is 2. The summed E-state index contributed by atoms with van der Waals surface area (Å²) in [6, 6.07) is 7.54. The third-order valence-electron chi connectivity index (χ3n) is 3.62. The highest BCUT2D eigenvalue weighted by Crippen LogP contribution is 2.19. The zero-order valence-corrected chi connectivity index (χ0v) is 15.0. The van der Waals surface area contributed by atoms with Crippen LogP contribution in [0, 0.1) is 20.8 Å². The van der Waals surface area contributed by atoms with Crippen LogP contribution in [0.2, 0.25) is 0 Å². The summed E-state index contributed by atoms with van der Waals surface area (Å²) in [6.45, 7) is 5.87. The van der Waals surface area contributed by atoms with Crippen LogP contribution >= 0.6 is 0 Å². The number of aromatic nitrogens is 1. The smallest absolute Gasteiger partial charge is 0.245 e. The first-order chi connectivity index (χ1) is 11.8. The Morgan fingerprint density at radius 3 is 2.68 bits per heavy atom. The number of carbonyl (C=O) groups excluding carboxylic acids is 2. The number of benzene rings is 1. The van der Waals surface area contributed by atoms with Crippen molar-refractivity contribution in [2.45, 2.75) is 27.2 Å². The summed E-state index contributed by atoms with van der Waals surface area (Å²) < 4.78 is 10.5. The molecule has 0 radical (unpaired) electrons. The molecule has 0 aliphatic rings. The second-order valence-corrected chi connectivity index (χ2v) is 5.99. The maximum atomic E-state index is 12.1. The molecule has 0 aliphatic heterocycles. The number of hydrogen-bond acceptors (Lipinski definition) is 5. The molecule has 1 heterocycles. The van der Waals surface area contributed by atoms with Gasteiger partial charge in [0, 0.05) is 13.1 Å². The third-order valence-corrected chi connectivity index (χ3v) is 3.62. The van der Waals surface area contributed by atoms with E-state index in [0.717, 1.165) is 16.9 Å². The molecule has 1 aromatic carbocycles. The highest BCUT2D eigenvalue weighted by Gasteiger charge is 2.14. The minimum absolute atomic E-state index is 0.0613. The Balaban J connectivity index is 1.76. The van der Waals surface area contributed by atoms with Gasteiger partial charge in [0.25, 0.3) is 0 Å². The average Bonchev–Trinajstić information content (AvgIpc) is 2.95. The Morgan fingerprint density at radius 1 is 1.24 bits per heavy atom. The number of aryl methyl sites for hydroxylation is 3. The number of likely N-dealkylation sites (N-methyl/N-ethyl adjacent to an activating group) is 1. The molecule has 7 nitrogen and oxygen atoms in total. The quantitative estimate of drug-likeness (QED) is 0.833.